The maximum atomic E-state index is 14.6. The molecular formula is C30H27FN2O6. The molecule has 0 bridgehead atoms. The number of hydrogen-bond donors (Lipinski definition) is 3. The van der Waals surface area contributed by atoms with Gasteiger partial charge in [-0.1, -0.05) is 24.3 Å². The normalized spacial score (nSPS) is 18.1. The zero-order valence-electron chi connectivity index (χ0n) is 21.3. The van der Waals surface area contributed by atoms with Crippen molar-refractivity contribution >= 4 is 23.3 Å². The molecule has 1 fully saturated rings. The molecule has 0 aromatic heterocycles. The third-order valence-corrected chi connectivity index (χ3v) is 7.35. The number of nitrogens with one attached hydrogen (secondary N) is 2. The van der Waals surface area contributed by atoms with Gasteiger partial charge in [0, 0.05) is 61.0 Å². The lowest BCUT2D eigenvalue weighted by atomic mass is 9.92. The Morgan fingerprint density at radius 3 is 2.41 bits per heavy atom. The van der Waals surface area contributed by atoms with Crippen molar-refractivity contribution in [2.45, 2.75) is 25.3 Å². The second kappa shape index (κ2) is 10.8. The number of Topliss-reactive ketones (excluding diaryl/α,β-unsaturated/α-hetero) is 2. The van der Waals surface area contributed by atoms with E-state index in [1.807, 2.05) is 6.07 Å². The van der Waals surface area contributed by atoms with Crippen LogP contribution in [0.5, 0.6) is 11.5 Å². The maximum absolute atomic E-state index is 14.6. The molecule has 1 heterocycles. The van der Waals surface area contributed by atoms with E-state index in [2.05, 4.69) is 10.6 Å². The highest BCUT2D eigenvalue weighted by Gasteiger charge is 2.31. The van der Waals surface area contributed by atoms with E-state index in [1.165, 1.54) is 43.5 Å². The Morgan fingerprint density at radius 2 is 1.67 bits per heavy atom. The van der Waals surface area contributed by atoms with Crippen molar-refractivity contribution in [3.63, 3.8) is 0 Å². The van der Waals surface area contributed by atoms with Crippen LogP contribution in [0.2, 0.25) is 0 Å². The summed E-state index contributed by atoms with van der Waals surface area (Å²) in [6.07, 6.45) is 1.02. The fourth-order valence-electron chi connectivity index (χ4n) is 5.19. The van der Waals surface area contributed by atoms with Gasteiger partial charge in [-0.2, -0.15) is 0 Å². The third-order valence-electron chi connectivity index (χ3n) is 7.35. The highest BCUT2D eigenvalue weighted by Crippen LogP contribution is 2.30. The second-order valence-electron chi connectivity index (χ2n) is 9.88. The number of carbonyl (C=O) groups excluding carboxylic acids is 4. The highest BCUT2D eigenvalue weighted by atomic mass is 19.1. The molecule has 200 valence electrons. The molecule has 1 saturated heterocycles. The Hall–Kier alpha value is -4.37. The number of methoxy groups -OCH3 is 1. The van der Waals surface area contributed by atoms with Crippen molar-refractivity contribution < 1.29 is 33.4 Å². The minimum atomic E-state index is -0.966. The number of benzene rings is 3. The summed E-state index contributed by atoms with van der Waals surface area (Å²) in [5.41, 5.74) is 2.33. The van der Waals surface area contributed by atoms with Gasteiger partial charge in [0.05, 0.1) is 7.11 Å². The molecule has 2 aliphatic rings. The van der Waals surface area contributed by atoms with Gasteiger partial charge >= 0.3 is 0 Å². The van der Waals surface area contributed by atoms with Crippen LogP contribution < -0.4 is 15.4 Å². The number of halogens is 1. The van der Waals surface area contributed by atoms with Crippen LogP contribution in [0.15, 0.2) is 54.6 Å². The number of aromatic hydroxyl groups is 1. The van der Waals surface area contributed by atoms with Crippen LogP contribution in [-0.2, 0) is 17.6 Å². The number of hydrogen-bond acceptors (Lipinski definition) is 7. The van der Waals surface area contributed by atoms with Gasteiger partial charge < -0.3 is 20.5 Å². The van der Waals surface area contributed by atoms with Crippen LogP contribution in [0.3, 0.4) is 0 Å². The lowest BCUT2D eigenvalue weighted by Crippen LogP contribution is -2.41. The number of phenols is 1. The summed E-state index contributed by atoms with van der Waals surface area (Å²) in [5.74, 6) is -2.76. The van der Waals surface area contributed by atoms with E-state index < -0.39 is 22.9 Å². The second-order valence-corrected chi connectivity index (χ2v) is 9.88. The fraction of sp³-hybridized carbons (Fsp3) is 0.267. The molecule has 0 saturated carbocycles. The molecule has 0 unspecified atom stereocenters. The third kappa shape index (κ3) is 5.31. The molecular weight excluding hydrogens is 503 g/mol. The molecule has 8 nitrogen and oxygen atoms in total. The molecule has 3 N–H and O–H groups in total. The predicted octanol–water partition coefficient (Wildman–Crippen LogP) is 3.03. The van der Waals surface area contributed by atoms with Crippen molar-refractivity contribution in [2.24, 2.45) is 5.92 Å². The summed E-state index contributed by atoms with van der Waals surface area (Å²) in [7, 11) is 1.26. The highest BCUT2D eigenvalue weighted by molar-refractivity contribution is 6.11. The predicted molar refractivity (Wildman–Crippen MR) is 140 cm³/mol. The molecule has 0 spiro atoms. The summed E-state index contributed by atoms with van der Waals surface area (Å²) in [6, 6.07) is 13.2. The first-order valence-corrected chi connectivity index (χ1v) is 12.6. The van der Waals surface area contributed by atoms with E-state index in [0.29, 0.717) is 37.1 Å². The molecule has 2 atom stereocenters. The molecule has 3 aromatic rings. The first kappa shape index (κ1) is 26.2. The van der Waals surface area contributed by atoms with Crippen LogP contribution >= 0.6 is 0 Å². The SMILES string of the molecule is COc1ccc(O)c(C(=O)c2ccc(C(=O)N[C@@H]3CNC[C@H]3CC(=O)c3ccc4c(c3)CC(=O)C4)cc2)c1F. The van der Waals surface area contributed by atoms with E-state index in [9.17, 15) is 28.7 Å². The van der Waals surface area contributed by atoms with E-state index in [0.717, 1.165) is 11.1 Å². The van der Waals surface area contributed by atoms with Crippen LogP contribution in [0.4, 0.5) is 4.39 Å². The van der Waals surface area contributed by atoms with Crippen molar-refractivity contribution in [3.05, 3.63) is 93.8 Å². The maximum Gasteiger partial charge on any atom is 0.251 e. The van der Waals surface area contributed by atoms with Crippen molar-refractivity contribution in [1.82, 2.24) is 10.6 Å². The lowest BCUT2D eigenvalue weighted by molar-refractivity contribution is -0.117. The van der Waals surface area contributed by atoms with Gasteiger partial charge in [-0.15, -0.1) is 0 Å². The lowest BCUT2D eigenvalue weighted by Gasteiger charge is -2.20. The first-order valence-electron chi connectivity index (χ1n) is 12.6. The molecule has 1 amide bonds. The zero-order chi connectivity index (χ0) is 27.7. The van der Waals surface area contributed by atoms with E-state index >= 15 is 0 Å². The number of ether oxygens (including phenoxy) is 1. The fourth-order valence-corrected chi connectivity index (χ4v) is 5.19. The van der Waals surface area contributed by atoms with Gasteiger partial charge in [-0.05, 0) is 41.5 Å². The monoisotopic (exact) mass is 530 g/mol. The van der Waals surface area contributed by atoms with Crippen LogP contribution in [0.25, 0.3) is 0 Å². The number of fused-ring (bicyclic) bond motifs is 1. The van der Waals surface area contributed by atoms with E-state index in [-0.39, 0.29) is 47.2 Å². The molecule has 39 heavy (non-hydrogen) atoms. The minimum Gasteiger partial charge on any atom is -0.507 e. The Morgan fingerprint density at radius 1 is 0.974 bits per heavy atom. The molecule has 5 rings (SSSR count). The quantitative estimate of drug-likeness (QED) is 0.383. The number of rotatable bonds is 8. The van der Waals surface area contributed by atoms with Crippen molar-refractivity contribution in [1.29, 1.82) is 0 Å². The van der Waals surface area contributed by atoms with Crippen LogP contribution in [0.1, 0.15) is 54.2 Å². The Kier molecular flexibility index (Phi) is 7.26. The van der Waals surface area contributed by atoms with Crippen LogP contribution in [-0.4, -0.2) is 54.6 Å². The Balaban J connectivity index is 1.23. The average Bonchev–Trinajstić information content (AvgIpc) is 3.52. The molecule has 0 radical (unpaired) electrons. The van der Waals surface area contributed by atoms with E-state index in [4.69, 9.17) is 4.74 Å². The minimum absolute atomic E-state index is 0.0407. The van der Waals surface area contributed by atoms with Gasteiger partial charge in [0.15, 0.2) is 23.1 Å². The standard InChI is InChI=1S/C30H27FN2O6/c1-39-26-9-8-24(35)27(28(26)31)29(37)16-2-4-17(5-3-16)30(38)33-23-15-32-14-21(23)13-25(36)19-7-6-18-11-22(34)12-20(18)10-19/h2-10,21,23,32,35H,11-15H2,1H3,(H,33,38)/t21-,23-/m1/s1. The zero-order valence-corrected chi connectivity index (χ0v) is 21.3. The summed E-state index contributed by atoms with van der Waals surface area (Å²) in [4.78, 5) is 50.5. The van der Waals surface area contributed by atoms with Gasteiger partial charge in [-0.25, -0.2) is 4.39 Å². The Labute approximate surface area is 224 Å². The number of amides is 1. The van der Waals surface area contributed by atoms with Gasteiger partial charge in [0.1, 0.15) is 17.1 Å². The van der Waals surface area contributed by atoms with Crippen molar-refractivity contribution in [2.75, 3.05) is 20.2 Å². The largest absolute Gasteiger partial charge is 0.507 e. The molecule has 3 aromatic carbocycles. The summed E-state index contributed by atoms with van der Waals surface area (Å²) in [5, 5.41) is 16.2. The van der Waals surface area contributed by atoms with Gasteiger partial charge in [0.25, 0.3) is 5.91 Å². The van der Waals surface area contributed by atoms with Gasteiger partial charge in [-0.3, -0.25) is 19.2 Å². The summed E-state index contributed by atoms with van der Waals surface area (Å²) >= 11 is 0. The Bertz CT molecular complexity index is 1480. The molecule has 1 aliphatic carbocycles. The van der Waals surface area contributed by atoms with Crippen LogP contribution in [0, 0.1) is 11.7 Å². The average molecular weight is 531 g/mol. The van der Waals surface area contributed by atoms with Gasteiger partial charge in [0.2, 0.25) is 0 Å². The molecule has 9 heteroatoms. The first-order chi connectivity index (χ1) is 18.7. The number of carbonyl (C=O) groups is 4. The smallest absolute Gasteiger partial charge is 0.251 e. The summed E-state index contributed by atoms with van der Waals surface area (Å²) in [6.45, 7) is 1.08. The number of ketones is 3. The number of phenolic OH excluding ortho intramolecular Hbond substituents is 1. The van der Waals surface area contributed by atoms with Crippen molar-refractivity contribution in [3.8, 4) is 11.5 Å². The molecule has 1 aliphatic heterocycles. The summed E-state index contributed by atoms with van der Waals surface area (Å²) < 4.78 is 19.5. The topological polar surface area (TPSA) is 122 Å². The van der Waals surface area contributed by atoms with E-state index in [1.54, 1.807) is 12.1 Å².